The third-order valence-corrected chi connectivity index (χ3v) is 5.27. The van der Waals surface area contributed by atoms with E-state index in [0.29, 0.717) is 18.2 Å². The smallest absolute Gasteiger partial charge is 0.0608 e. The molecule has 2 aliphatic rings. The Kier molecular flexibility index (Phi) is 5.92. The molecule has 0 aromatic heterocycles. The first-order valence-corrected chi connectivity index (χ1v) is 8.87. The molecule has 0 radical (unpaired) electrons. The Labute approximate surface area is 126 Å². The van der Waals surface area contributed by atoms with Gasteiger partial charge in [-0.15, -0.1) is 0 Å². The Bertz CT molecular complexity index is 275. The minimum absolute atomic E-state index is 0.383. The van der Waals surface area contributed by atoms with Crippen LogP contribution in [-0.4, -0.2) is 35.7 Å². The Hall–Kier alpha value is -0.0800. The van der Waals surface area contributed by atoms with Crippen LogP contribution in [0.2, 0.25) is 0 Å². The number of hydrogen-bond acceptors (Lipinski definition) is 2. The molecule has 2 heteroatoms. The van der Waals surface area contributed by atoms with E-state index in [1.807, 2.05) is 0 Å². The second-order valence-corrected chi connectivity index (χ2v) is 7.85. The summed E-state index contributed by atoms with van der Waals surface area (Å²) in [5.74, 6) is 1.91. The predicted molar refractivity (Wildman–Crippen MR) is 86.0 cm³/mol. The van der Waals surface area contributed by atoms with E-state index >= 15 is 0 Å². The summed E-state index contributed by atoms with van der Waals surface area (Å²) in [7, 11) is 0. The van der Waals surface area contributed by atoms with E-state index in [1.165, 1.54) is 45.1 Å². The third kappa shape index (κ3) is 4.46. The van der Waals surface area contributed by atoms with Gasteiger partial charge in [0.15, 0.2) is 0 Å². The molecule has 0 saturated heterocycles. The van der Waals surface area contributed by atoms with Crippen molar-refractivity contribution in [2.24, 2.45) is 11.8 Å². The first-order valence-electron chi connectivity index (χ1n) is 8.87. The third-order valence-electron chi connectivity index (χ3n) is 5.27. The first kappa shape index (κ1) is 16.3. The summed E-state index contributed by atoms with van der Waals surface area (Å²) in [6.07, 6.45) is 9.19. The molecule has 2 aliphatic carbocycles. The Morgan fingerprint density at radius 1 is 1.00 bits per heavy atom. The summed E-state index contributed by atoms with van der Waals surface area (Å²) in [5, 5.41) is 0. The van der Waals surface area contributed by atoms with Crippen molar-refractivity contribution in [3.8, 4) is 0 Å². The number of hydrogen-bond donors (Lipinski definition) is 0. The van der Waals surface area contributed by atoms with Crippen LogP contribution in [0.25, 0.3) is 0 Å². The number of rotatable bonds is 6. The molecule has 0 bridgehead atoms. The van der Waals surface area contributed by atoms with Gasteiger partial charge < -0.3 is 4.74 Å². The van der Waals surface area contributed by atoms with Crippen LogP contribution in [0.4, 0.5) is 0 Å². The zero-order chi connectivity index (χ0) is 14.7. The molecule has 0 spiro atoms. The molecule has 2 nitrogen and oxygen atoms in total. The molecule has 2 rings (SSSR count). The monoisotopic (exact) mass is 281 g/mol. The molecule has 118 valence electrons. The van der Waals surface area contributed by atoms with Gasteiger partial charge in [0, 0.05) is 18.6 Å². The maximum atomic E-state index is 5.92. The zero-order valence-corrected chi connectivity index (χ0v) is 14.3. The van der Waals surface area contributed by atoms with E-state index in [9.17, 15) is 0 Å². The van der Waals surface area contributed by atoms with Crippen molar-refractivity contribution in [3.63, 3.8) is 0 Å². The second-order valence-electron chi connectivity index (χ2n) is 7.85. The van der Waals surface area contributed by atoms with Crippen LogP contribution < -0.4 is 0 Å². The fraction of sp³-hybridized carbons (Fsp3) is 1.00. The number of ether oxygens (including phenoxy) is 1. The largest absolute Gasteiger partial charge is 0.375 e. The molecule has 2 saturated carbocycles. The molecular weight excluding hydrogens is 246 g/mol. The quantitative estimate of drug-likeness (QED) is 0.712. The molecule has 20 heavy (non-hydrogen) atoms. The maximum Gasteiger partial charge on any atom is 0.0608 e. The lowest BCUT2D eigenvalue weighted by molar-refractivity contribution is -0.0857. The van der Waals surface area contributed by atoms with Gasteiger partial charge in [0.25, 0.3) is 0 Å². The van der Waals surface area contributed by atoms with Crippen molar-refractivity contribution in [3.05, 3.63) is 0 Å². The first-order chi connectivity index (χ1) is 9.45. The normalized spacial score (nSPS) is 34.8. The zero-order valence-electron chi connectivity index (χ0n) is 14.3. The molecule has 0 aliphatic heterocycles. The van der Waals surface area contributed by atoms with Gasteiger partial charge in [-0.2, -0.15) is 0 Å². The van der Waals surface area contributed by atoms with Gasteiger partial charge >= 0.3 is 0 Å². The van der Waals surface area contributed by atoms with Crippen LogP contribution in [0.1, 0.15) is 73.1 Å². The van der Waals surface area contributed by atoms with Crippen LogP contribution in [0, 0.1) is 11.8 Å². The average Bonchev–Trinajstić information content (AvgIpc) is 2.32. The van der Waals surface area contributed by atoms with E-state index in [2.05, 4.69) is 39.5 Å². The Morgan fingerprint density at radius 3 is 2.10 bits per heavy atom. The molecular formula is C18H35NO. The highest BCUT2D eigenvalue weighted by Gasteiger charge is 2.36. The Morgan fingerprint density at radius 2 is 1.60 bits per heavy atom. The van der Waals surface area contributed by atoms with Crippen LogP contribution in [0.5, 0.6) is 0 Å². The summed E-state index contributed by atoms with van der Waals surface area (Å²) in [6.45, 7) is 12.8. The molecule has 0 amide bonds. The van der Waals surface area contributed by atoms with Crippen LogP contribution >= 0.6 is 0 Å². The van der Waals surface area contributed by atoms with Crippen LogP contribution in [-0.2, 0) is 4.74 Å². The molecule has 0 aromatic rings. The SMILES string of the molecule is CC1CCC(CN(C(C)C)C2CC(OC(C)C)C2)CC1. The summed E-state index contributed by atoms with van der Waals surface area (Å²) < 4.78 is 5.92. The summed E-state index contributed by atoms with van der Waals surface area (Å²) >= 11 is 0. The standard InChI is InChI=1S/C18H35NO/c1-13(2)19(12-16-8-6-15(5)7-9-16)17-10-18(11-17)20-14(3)4/h13-18H,6-12H2,1-5H3. The lowest BCUT2D eigenvalue weighted by atomic mass is 9.81. The van der Waals surface area contributed by atoms with Crippen molar-refractivity contribution >= 4 is 0 Å². The van der Waals surface area contributed by atoms with E-state index < -0.39 is 0 Å². The summed E-state index contributed by atoms with van der Waals surface area (Å²) in [5.41, 5.74) is 0. The summed E-state index contributed by atoms with van der Waals surface area (Å²) in [4.78, 5) is 2.76. The van der Waals surface area contributed by atoms with E-state index in [0.717, 1.165) is 17.9 Å². The van der Waals surface area contributed by atoms with Gasteiger partial charge in [-0.1, -0.05) is 19.8 Å². The van der Waals surface area contributed by atoms with Crippen molar-refractivity contribution in [1.29, 1.82) is 0 Å². The lowest BCUT2D eigenvalue weighted by Crippen LogP contribution is -2.52. The topological polar surface area (TPSA) is 12.5 Å². The molecule has 0 atom stereocenters. The molecule has 2 fully saturated rings. The predicted octanol–water partition coefficient (Wildman–Crippen LogP) is 4.48. The van der Waals surface area contributed by atoms with E-state index in [4.69, 9.17) is 4.74 Å². The fourth-order valence-electron chi connectivity index (χ4n) is 3.90. The van der Waals surface area contributed by atoms with Gasteiger partial charge in [-0.05, 0) is 65.2 Å². The molecule has 0 aromatic carbocycles. The van der Waals surface area contributed by atoms with E-state index in [-0.39, 0.29) is 0 Å². The van der Waals surface area contributed by atoms with Crippen molar-refractivity contribution in [2.45, 2.75) is 97.4 Å². The second kappa shape index (κ2) is 7.26. The minimum Gasteiger partial charge on any atom is -0.375 e. The van der Waals surface area contributed by atoms with Crippen molar-refractivity contribution in [2.75, 3.05) is 6.54 Å². The van der Waals surface area contributed by atoms with Gasteiger partial charge in [0.1, 0.15) is 0 Å². The van der Waals surface area contributed by atoms with Gasteiger partial charge in [0.05, 0.1) is 12.2 Å². The highest BCUT2D eigenvalue weighted by molar-refractivity contribution is 4.91. The Balaban J connectivity index is 1.77. The minimum atomic E-state index is 0.383. The van der Waals surface area contributed by atoms with Crippen molar-refractivity contribution in [1.82, 2.24) is 4.90 Å². The molecule has 0 N–H and O–H groups in total. The molecule has 0 heterocycles. The van der Waals surface area contributed by atoms with E-state index in [1.54, 1.807) is 0 Å². The average molecular weight is 281 g/mol. The molecule has 0 unspecified atom stereocenters. The van der Waals surface area contributed by atoms with Gasteiger partial charge in [0.2, 0.25) is 0 Å². The van der Waals surface area contributed by atoms with Crippen LogP contribution in [0.3, 0.4) is 0 Å². The van der Waals surface area contributed by atoms with Crippen LogP contribution in [0.15, 0.2) is 0 Å². The summed E-state index contributed by atoms with van der Waals surface area (Å²) in [6, 6.07) is 1.46. The van der Waals surface area contributed by atoms with Crippen molar-refractivity contribution < 1.29 is 4.74 Å². The highest BCUT2D eigenvalue weighted by atomic mass is 16.5. The maximum absolute atomic E-state index is 5.92. The van der Waals surface area contributed by atoms with Gasteiger partial charge in [-0.25, -0.2) is 0 Å². The van der Waals surface area contributed by atoms with Gasteiger partial charge in [-0.3, -0.25) is 4.90 Å². The lowest BCUT2D eigenvalue weighted by Gasteiger charge is -2.47. The fourth-order valence-corrected chi connectivity index (χ4v) is 3.90. The highest BCUT2D eigenvalue weighted by Crippen LogP contribution is 2.34. The number of nitrogens with zero attached hydrogens (tertiary/aromatic N) is 1.